The summed E-state index contributed by atoms with van der Waals surface area (Å²) in [7, 11) is 0. The van der Waals surface area contributed by atoms with Gasteiger partial charge in [-0.15, -0.1) is 0 Å². The Morgan fingerprint density at radius 1 is 1.09 bits per heavy atom. The van der Waals surface area contributed by atoms with Crippen LogP contribution in [0.5, 0.6) is 5.75 Å². The van der Waals surface area contributed by atoms with E-state index in [0.717, 1.165) is 5.56 Å². The molecule has 0 bridgehead atoms. The molecule has 34 heavy (non-hydrogen) atoms. The molecule has 10 heteroatoms. The molecular formula is C24H15Cl2FN2O3S2. The predicted octanol–water partition coefficient (Wildman–Crippen LogP) is 6.56. The van der Waals surface area contributed by atoms with Gasteiger partial charge in [-0.3, -0.25) is 14.5 Å². The maximum absolute atomic E-state index is 13.2. The van der Waals surface area contributed by atoms with Crippen molar-refractivity contribution in [2.24, 2.45) is 0 Å². The summed E-state index contributed by atoms with van der Waals surface area (Å²) in [4.78, 5) is 26.8. The molecule has 1 aliphatic rings. The first-order valence-electron chi connectivity index (χ1n) is 9.82. The molecule has 1 heterocycles. The zero-order valence-corrected chi connectivity index (χ0v) is 20.4. The summed E-state index contributed by atoms with van der Waals surface area (Å²) in [6.07, 6.45) is 1.71. The van der Waals surface area contributed by atoms with Crippen molar-refractivity contribution in [2.45, 2.75) is 0 Å². The fourth-order valence-electron chi connectivity index (χ4n) is 3.03. The van der Waals surface area contributed by atoms with Crippen molar-refractivity contribution in [1.82, 2.24) is 0 Å². The molecule has 1 saturated heterocycles. The Morgan fingerprint density at radius 3 is 2.50 bits per heavy atom. The number of ether oxygens (including phenoxy) is 1. The van der Waals surface area contributed by atoms with E-state index < -0.39 is 11.7 Å². The molecule has 1 N–H and O–H groups in total. The summed E-state index contributed by atoms with van der Waals surface area (Å²) < 4.78 is 19.1. The SMILES string of the molecule is O=C(COc1ccc(/C=C2/SC(=S)N(c3ccc(F)cc3)C2=O)cc1)Nc1cccc(Cl)c1Cl. The highest BCUT2D eigenvalue weighted by atomic mass is 35.5. The number of anilines is 2. The lowest BCUT2D eigenvalue weighted by Gasteiger charge is -2.14. The van der Waals surface area contributed by atoms with Crippen LogP contribution in [0.2, 0.25) is 10.0 Å². The fraction of sp³-hybridized carbons (Fsp3) is 0.0417. The first kappa shape index (κ1) is 24.2. The standard InChI is InChI=1S/C24H15Cl2FN2O3S2/c25-18-2-1-3-19(22(18)26)28-21(30)13-32-17-10-4-14(5-11-17)12-20-23(31)29(24(33)34-20)16-8-6-15(27)7-9-16/h1-12H,13H2,(H,28,30)/b20-12+. The van der Waals surface area contributed by atoms with E-state index in [1.807, 2.05) is 0 Å². The fourth-order valence-corrected chi connectivity index (χ4v) is 4.67. The van der Waals surface area contributed by atoms with Gasteiger partial charge in [-0.05, 0) is 60.2 Å². The largest absolute Gasteiger partial charge is 0.484 e. The smallest absolute Gasteiger partial charge is 0.270 e. The summed E-state index contributed by atoms with van der Waals surface area (Å²) in [6, 6.07) is 17.4. The Bertz CT molecular complexity index is 1300. The van der Waals surface area contributed by atoms with Gasteiger partial charge in [0.25, 0.3) is 11.8 Å². The number of hydrogen-bond acceptors (Lipinski definition) is 5. The maximum atomic E-state index is 13.2. The molecule has 3 aromatic rings. The van der Waals surface area contributed by atoms with Gasteiger partial charge in [0.15, 0.2) is 10.9 Å². The van der Waals surface area contributed by atoms with Crippen molar-refractivity contribution < 1.29 is 18.7 Å². The quantitative estimate of drug-likeness (QED) is 0.288. The normalized spacial score (nSPS) is 14.6. The monoisotopic (exact) mass is 532 g/mol. The molecule has 172 valence electrons. The van der Waals surface area contributed by atoms with E-state index in [-0.39, 0.29) is 17.5 Å². The number of benzene rings is 3. The number of thiocarbonyl (C=S) groups is 1. The van der Waals surface area contributed by atoms with Crippen LogP contribution in [-0.2, 0) is 9.59 Å². The second-order valence-electron chi connectivity index (χ2n) is 7.00. The summed E-state index contributed by atoms with van der Waals surface area (Å²) in [5, 5.41) is 3.24. The molecular weight excluding hydrogens is 518 g/mol. The van der Waals surface area contributed by atoms with E-state index in [1.165, 1.54) is 40.9 Å². The molecule has 2 amide bonds. The number of carbonyl (C=O) groups is 2. The maximum Gasteiger partial charge on any atom is 0.270 e. The van der Waals surface area contributed by atoms with Gasteiger partial charge in [0.1, 0.15) is 11.6 Å². The summed E-state index contributed by atoms with van der Waals surface area (Å²) in [6.45, 7) is -0.224. The first-order chi connectivity index (χ1) is 16.3. The van der Waals surface area contributed by atoms with E-state index in [1.54, 1.807) is 48.5 Å². The van der Waals surface area contributed by atoms with Crippen molar-refractivity contribution in [3.63, 3.8) is 0 Å². The minimum Gasteiger partial charge on any atom is -0.484 e. The molecule has 0 spiro atoms. The highest BCUT2D eigenvalue weighted by Gasteiger charge is 2.33. The molecule has 1 fully saturated rings. The number of hydrogen-bond donors (Lipinski definition) is 1. The lowest BCUT2D eigenvalue weighted by molar-refractivity contribution is -0.118. The topological polar surface area (TPSA) is 58.6 Å². The molecule has 4 rings (SSSR count). The zero-order chi connectivity index (χ0) is 24.2. The first-order valence-corrected chi connectivity index (χ1v) is 11.8. The van der Waals surface area contributed by atoms with Crippen LogP contribution in [0.25, 0.3) is 6.08 Å². The molecule has 5 nitrogen and oxygen atoms in total. The molecule has 0 radical (unpaired) electrons. The Kier molecular flexibility index (Phi) is 7.53. The van der Waals surface area contributed by atoms with E-state index in [4.69, 9.17) is 40.2 Å². The highest BCUT2D eigenvalue weighted by Crippen LogP contribution is 2.36. The van der Waals surface area contributed by atoms with Gasteiger partial charge in [0, 0.05) is 0 Å². The Balaban J connectivity index is 1.37. The van der Waals surface area contributed by atoms with Gasteiger partial charge >= 0.3 is 0 Å². The third-order valence-corrected chi connectivity index (χ3v) is 6.77. The number of rotatable bonds is 6. The molecule has 0 aliphatic carbocycles. The van der Waals surface area contributed by atoms with Crippen LogP contribution in [0.4, 0.5) is 15.8 Å². The summed E-state index contributed by atoms with van der Waals surface area (Å²) in [5.74, 6) is -0.586. The van der Waals surface area contributed by atoms with Crippen LogP contribution in [0, 0.1) is 5.82 Å². The minimum absolute atomic E-state index is 0.224. The highest BCUT2D eigenvalue weighted by molar-refractivity contribution is 8.27. The van der Waals surface area contributed by atoms with Gasteiger partial charge in [-0.1, -0.05) is 65.4 Å². The van der Waals surface area contributed by atoms with Crippen LogP contribution in [0.3, 0.4) is 0 Å². The molecule has 1 aliphatic heterocycles. The van der Waals surface area contributed by atoms with Gasteiger partial charge < -0.3 is 10.1 Å². The van der Waals surface area contributed by atoms with E-state index in [2.05, 4.69) is 5.32 Å². The molecule has 0 unspecified atom stereocenters. The van der Waals surface area contributed by atoms with Crippen molar-refractivity contribution in [3.8, 4) is 5.75 Å². The molecule has 3 aromatic carbocycles. The number of nitrogens with zero attached hydrogens (tertiary/aromatic N) is 1. The lowest BCUT2D eigenvalue weighted by atomic mass is 10.2. The number of halogens is 3. The Labute approximate surface area is 214 Å². The molecule has 0 saturated carbocycles. The van der Waals surface area contributed by atoms with Crippen LogP contribution < -0.4 is 15.0 Å². The minimum atomic E-state index is -0.391. The van der Waals surface area contributed by atoms with Crippen molar-refractivity contribution in [3.05, 3.63) is 93.1 Å². The van der Waals surface area contributed by atoms with Gasteiger partial charge in [0.2, 0.25) is 0 Å². The van der Waals surface area contributed by atoms with Crippen molar-refractivity contribution in [2.75, 3.05) is 16.8 Å². The van der Waals surface area contributed by atoms with Crippen LogP contribution >= 0.6 is 47.2 Å². The van der Waals surface area contributed by atoms with E-state index in [0.29, 0.717) is 31.4 Å². The summed E-state index contributed by atoms with van der Waals surface area (Å²) in [5.41, 5.74) is 1.66. The van der Waals surface area contributed by atoms with Crippen molar-refractivity contribution in [1.29, 1.82) is 0 Å². The third kappa shape index (κ3) is 5.59. The third-order valence-electron chi connectivity index (χ3n) is 4.65. The number of thioether (sulfide) groups is 1. The average Bonchev–Trinajstić information content (AvgIpc) is 3.10. The summed E-state index contributed by atoms with van der Waals surface area (Å²) >= 11 is 18.5. The Hall–Kier alpha value is -2.91. The van der Waals surface area contributed by atoms with Crippen molar-refractivity contribution >= 4 is 80.8 Å². The Morgan fingerprint density at radius 2 is 1.79 bits per heavy atom. The second-order valence-corrected chi connectivity index (χ2v) is 9.46. The lowest BCUT2D eigenvalue weighted by Crippen LogP contribution is -2.27. The van der Waals surface area contributed by atoms with Crippen LogP contribution in [0.15, 0.2) is 71.6 Å². The molecule has 0 atom stereocenters. The van der Waals surface area contributed by atoms with Crippen LogP contribution in [-0.4, -0.2) is 22.7 Å². The van der Waals surface area contributed by atoms with E-state index >= 15 is 0 Å². The van der Waals surface area contributed by atoms with Gasteiger partial charge in [-0.2, -0.15) is 0 Å². The number of carbonyl (C=O) groups excluding carboxylic acids is 2. The van der Waals surface area contributed by atoms with Gasteiger partial charge in [-0.25, -0.2) is 4.39 Å². The predicted molar refractivity (Wildman–Crippen MR) is 139 cm³/mol. The second kappa shape index (κ2) is 10.6. The van der Waals surface area contributed by atoms with Crippen LogP contribution in [0.1, 0.15) is 5.56 Å². The van der Waals surface area contributed by atoms with Gasteiger partial charge in [0.05, 0.1) is 26.3 Å². The average molecular weight is 533 g/mol. The van der Waals surface area contributed by atoms with E-state index in [9.17, 15) is 14.0 Å². The number of nitrogens with one attached hydrogen (secondary N) is 1. The number of amides is 2. The molecule has 0 aromatic heterocycles. The zero-order valence-electron chi connectivity index (χ0n) is 17.3.